The van der Waals surface area contributed by atoms with Gasteiger partial charge in [-0.15, -0.1) is 0 Å². The van der Waals surface area contributed by atoms with Crippen molar-refractivity contribution in [1.29, 1.82) is 0 Å². The van der Waals surface area contributed by atoms with Crippen LogP contribution < -0.4 is 5.32 Å². The molecule has 0 aromatic carbocycles. The Morgan fingerprint density at radius 3 is 3.30 bits per heavy atom. The van der Waals surface area contributed by atoms with Gasteiger partial charge in [0.1, 0.15) is 0 Å². The van der Waals surface area contributed by atoms with Crippen LogP contribution in [-0.2, 0) is 24.7 Å². The van der Waals surface area contributed by atoms with Gasteiger partial charge in [0.2, 0.25) is 5.91 Å². The number of nitrogens with one attached hydrogen (secondary N) is 1. The van der Waals surface area contributed by atoms with Crippen molar-refractivity contribution in [3.05, 3.63) is 39.8 Å². The number of hydrogen-bond donors (Lipinski definition) is 1. The second-order valence-corrected chi connectivity index (χ2v) is 6.09. The van der Waals surface area contributed by atoms with Crippen LogP contribution in [0.4, 0.5) is 0 Å². The van der Waals surface area contributed by atoms with Crippen LogP contribution in [0.1, 0.15) is 42.1 Å². The van der Waals surface area contributed by atoms with Gasteiger partial charge in [0.15, 0.2) is 0 Å². The molecule has 0 bridgehead atoms. The number of fused-ring (bicyclic) bond motifs is 1. The van der Waals surface area contributed by atoms with Crippen molar-refractivity contribution in [3.8, 4) is 0 Å². The second kappa shape index (κ2) is 5.79. The molecule has 5 heteroatoms. The zero-order valence-electron chi connectivity index (χ0n) is 11.6. The third-order valence-electron chi connectivity index (χ3n) is 3.93. The van der Waals surface area contributed by atoms with E-state index < -0.39 is 0 Å². The van der Waals surface area contributed by atoms with Crippen molar-refractivity contribution in [3.63, 3.8) is 0 Å². The van der Waals surface area contributed by atoms with Gasteiger partial charge in [0, 0.05) is 24.7 Å². The van der Waals surface area contributed by atoms with E-state index in [1.54, 1.807) is 11.3 Å². The molecular formula is C15H19N3OS. The van der Waals surface area contributed by atoms with Crippen LogP contribution in [0.25, 0.3) is 0 Å². The molecule has 1 atom stereocenters. The van der Waals surface area contributed by atoms with E-state index in [2.05, 4.69) is 27.2 Å². The zero-order chi connectivity index (χ0) is 13.9. The number of nitrogens with zero attached hydrogens (tertiary/aromatic N) is 2. The van der Waals surface area contributed by atoms with Gasteiger partial charge >= 0.3 is 0 Å². The van der Waals surface area contributed by atoms with Crippen molar-refractivity contribution in [2.75, 3.05) is 0 Å². The molecular weight excluding hydrogens is 270 g/mol. The maximum absolute atomic E-state index is 12.1. The fraction of sp³-hybridized carbons (Fsp3) is 0.467. The fourth-order valence-electron chi connectivity index (χ4n) is 2.82. The lowest BCUT2D eigenvalue weighted by molar-refractivity contribution is -0.121. The zero-order valence-corrected chi connectivity index (χ0v) is 12.4. The Kier molecular flexibility index (Phi) is 3.87. The number of amides is 1. The van der Waals surface area contributed by atoms with Crippen molar-refractivity contribution in [2.24, 2.45) is 7.05 Å². The molecule has 3 rings (SSSR count). The predicted molar refractivity (Wildman–Crippen MR) is 79.7 cm³/mol. The van der Waals surface area contributed by atoms with Gasteiger partial charge in [-0.25, -0.2) is 0 Å². The summed E-state index contributed by atoms with van der Waals surface area (Å²) < 4.78 is 1.93. The maximum atomic E-state index is 12.1. The minimum absolute atomic E-state index is 0.137. The molecule has 0 radical (unpaired) electrons. The van der Waals surface area contributed by atoms with E-state index in [0.29, 0.717) is 6.42 Å². The SMILES string of the molecule is Cn1ncc2c1CCC[C@@H]2NC(=O)CCc1ccsc1. The first-order valence-electron chi connectivity index (χ1n) is 7.05. The molecule has 0 spiro atoms. The molecule has 2 aromatic rings. The van der Waals surface area contributed by atoms with Gasteiger partial charge < -0.3 is 5.32 Å². The Hall–Kier alpha value is -1.62. The summed E-state index contributed by atoms with van der Waals surface area (Å²) in [6.07, 6.45) is 6.47. The third-order valence-corrected chi connectivity index (χ3v) is 4.66. The lowest BCUT2D eigenvalue weighted by Gasteiger charge is -2.23. The monoisotopic (exact) mass is 289 g/mol. The smallest absolute Gasteiger partial charge is 0.220 e. The number of carbonyl (C=O) groups excluding carboxylic acids is 1. The summed E-state index contributed by atoms with van der Waals surface area (Å²) in [5.41, 5.74) is 3.71. The Morgan fingerprint density at radius 1 is 1.60 bits per heavy atom. The predicted octanol–water partition coefficient (Wildman–Crippen LogP) is 2.61. The average Bonchev–Trinajstić information content (AvgIpc) is 3.08. The first-order valence-corrected chi connectivity index (χ1v) is 7.99. The number of thiophene rings is 1. The van der Waals surface area contributed by atoms with Crippen LogP contribution in [-0.4, -0.2) is 15.7 Å². The molecule has 0 saturated carbocycles. The number of aromatic nitrogens is 2. The second-order valence-electron chi connectivity index (χ2n) is 5.31. The van der Waals surface area contributed by atoms with Gasteiger partial charge in [0.25, 0.3) is 0 Å². The van der Waals surface area contributed by atoms with Crippen molar-refractivity contribution < 1.29 is 4.79 Å². The third kappa shape index (κ3) is 2.77. The highest BCUT2D eigenvalue weighted by Crippen LogP contribution is 2.29. The van der Waals surface area contributed by atoms with Crippen LogP contribution in [0, 0.1) is 0 Å². The van der Waals surface area contributed by atoms with Crippen molar-refractivity contribution in [2.45, 2.75) is 38.1 Å². The molecule has 0 fully saturated rings. The summed E-state index contributed by atoms with van der Waals surface area (Å²) in [5.74, 6) is 0.137. The van der Waals surface area contributed by atoms with Gasteiger partial charge in [-0.05, 0) is 48.1 Å². The Balaban J connectivity index is 1.59. The number of aryl methyl sites for hydroxylation is 2. The highest BCUT2D eigenvalue weighted by atomic mass is 32.1. The largest absolute Gasteiger partial charge is 0.349 e. The van der Waals surface area contributed by atoms with Crippen LogP contribution in [0.2, 0.25) is 0 Å². The lowest BCUT2D eigenvalue weighted by atomic mass is 9.93. The van der Waals surface area contributed by atoms with E-state index in [4.69, 9.17) is 0 Å². The summed E-state index contributed by atoms with van der Waals surface area (Å²) in [4.78, 5) is 12.1. The Morgan fingerprint density at radius 2 is 2.50 bits per heavy atom. The Bertz CT molecular complexity index is 588. The van der Waals surface area contributed by atoms with Crippen LogP contribution in [0.15, 0.2) is 23.0 Å². The van der Waals surface area contributed by atoms with E-state index in [1.165, 1.54) is 16.8 Å². The van der Waals surface area contributed by atoms with E-state index in [9.17, 15) is 4.79 Å². The minimum Gasteiger partial charge on any atom is -0.349 e. The highest BCUT2D eigenvalue weighted by Gasteiger charge is 2.24. The molecule has 0 aliphatic heterocycles. The fourth-order valence-corrected chi connectivity index (χ4v) is 3.52. The highest BCUT2D eigenvalue weighted by molar-refractivity contribution is 7.07. The molecule has 2 aromatic heterocycles. The van der Waals surface area contributed by atoms with Crippen LogP contribution >= 0.6 is 11.3 Å². The van der Waals surface area contributed by atoms with E-state index in [-0.39, 0.29) is 11.9 Å². The van der Waals surface area contributed by atoms with E-state index in [1.807, 2.05) is 17.9 Å². The summed E-state index contributed by atoms with van der Waals surface area (Å²) in [5, 5.41) is 11.6. The number of rotatable bonds is 4. The van der Waals surface area contributed by atoms with Crippen LogP contribution in [0.5, 0.6) is 0 Å². The molecule has 20 heavy (non-hydrogen) atoms. The molecule has 106 valence electrons. The minimum atomic E-state index is 0.137. The first-order chi connectivity index (χ1) is 9.74. The summed E-state index contributed by atoms with van der Waals surface area (Å²) in [7, 11) is 1.97. The Labute approximate surface area is 122 Å². The topological polar surface area (TPSA) is 46.9 Å². The number of carbonyl (C=O) groups is 1. The van der Waals surface area contributed by atoms with Gasteiger partial charge in [-0.2, -0.15) is 16.4 Å². The molecule has 1 amide bonds. The number of hydrogen-bond acceptors (Lipinski definition) is 3. The molecule has 1 aliphatic rings. The summed E-state index contributed by atoms with van der Waals surface area (Å²) in [6, 6.07) is 2.22. The molecule has 0 saturated heterocycles. The molecule has 1 N–H and O–H groups in total. The quantitative estimate of drug-likeness (QED) is 0.940. The van der Waals surface area contributed by atoms with Crippen molar-refractivity contribution in [1.82, 2.24) is 15.1 Å². The standard InChI is InChI=1S/C15H19N3OS/c1-18-14-4-2-3-13(12(14)9-16-18)17-15(19)6-5-11-7-8-20-10-11/h7-10,13H,2-6H2,1H3,(H,17,19)/t13-/m0/s1. The average molecular weight is 289 g/mol. The van der Waals surface area contributed by atoms with Crippen molar-refractivity contribution >= 4 is 17.2 Å². The molecule has 1 aliphatic carbocycles. The van der Waals surface area contributed by atoms with Gasteiger partial charge in [-0.1, -0.05) is 0 Å². The molecule has 4 nitrogen and oxygen atoms in total. The first kappa shape index (κ1) is 13.4. The normalized spacial score (nSPS) is 17.8. The van der Waals surface area contributed by atoms with Crippen LogP contribution in [0.3, 0.4) is 0 Å². The molecule has 0 unspecified atom stereocenters. The lowest BCUT2D eigenvalue weighted by Crippen LogP contribution is -2.31. The molecule has 2 heterocycles. The summed E-state index contributed by atoms with van der Waals surface area (Å²) in [6.45, 7) is 0. The summed E-state index contributed by atoms with van der Waals surface area (Å²) >= 11 is 1.68. The van der Waals surface area contributed by atoms with E-state index in [0.717, 1.165) is 25.7 Å². The van der Waals surface area contributed by atoms with Gasteiger partial charge in [-0.3, -0.25) is 9.48 Å². The van der Waals surface area contributed by atoms with E-state index >= 15 is 0 Å². The van der Waals surface area contributed by atoms with Gasteiger partial charge in [0.05, 0.1) is 12.2 Å². The maximum Gasteiger partial charge on any atom is 0.220 e.